The SMILES string of the molecule is CS(=O)(=NC(=O)C(=O)c1ccco1)c1ccccc1. The highest BCUT2D eigenvalue weighted by Gasteiger charge is 2.20. The van der Waals surface area contributed by atoms with E-state index >= 15 is 0 Å². The van der Waals surface area contributed by atoms with E-state index in [1.54, 1.807) is 30.3 Å². The second kappa shape index (κ2) is 5.19. The van der Waals surface area contributed by atoms with Gasteiger partial charge in [0, 0.05) is 11.2 Å². The van der Waals surface area contributed by atoms with Crippen LogP contribution in [0, 0.1) is 0 Å². The van der Waals surface area contributed by atoms with Crippen molar-refractivity contribution in [1.29, 1.82) is 0 Å². The molecule has 2 rings (SSSR count). The molecule has 0 bridgehead atoms. The maximum Gasteiger partial charge on any atom is 0.329 e. The molecule has 0 fully saturated rings. The molecule has 19 heavy (non-hydrogen) atoms. The first kappa shape index (κ1) is 13.2. The summed E-state index contributed by atoms with van der Waals surface area (Å²) in [7, 11) is -2.93. The van der Waals surface area contributed by atoms with Crippen LogP contribution in [-0.4, -0.2) is 22.2 Å². The highest BCUT2D eigenvalue weighted by Crippen LogP contribution is 2.12. The lowest BCUT2D eigenvalue weighted by Gasteiger charge is -2.02. The Balaban J connectivity index is 2.33. The smallest absolute Gasteiger partial charge is 0.329 e. The molecule has 1 amide bonds. The van der Waals surface area contributed by atoms with Gasteiger partial charge >= 0.3 is 5.91 Å². The molecule has 6 heteroatoms. The number of furan rings is 1. The minimum Gasteiger partial charge on any atom is -0.461 e. The van der Waals surface area contributed by atoms with Crippen LogP contribution in [0.5, 0.6) is 0 Å². The number of ketones is 1. The van der Waals surface area contributed by atoms with Crippen molar-refractivity contribution in [3.8, 4) is 0 Å². The van der Waals surface area contributed by atoms with Gasteiger partial charge in [-0.3, -0.25) is 9.59 Å². The lowest BCUT2D eigenvalue weighted by atomic mass is 10.3. The number of hydrogen-bond acceptors (Lipinski definition) is 4. The van der Waals surface area contributed by atoms with Crippen LogP contribution in [0.15, 0.2) is 62.4 Å². The summed E-state index contributed by atoms with van der Waals surface area (Å²) in [5.74, 6) is -2.10. The number of rotatable bonds is 3. The molecule has 0 aliphatic rings. The topological polar surface area (TPSA) is 76.7 Å². The van der Waals surface area contributed by atoms with Gasteiger partial charge in [0.05, 0.1) is 16.0 Å². The highest BCUT2D eigenvalue weighted by molar-refractivity contribution is 7.93. The fourth-order valence-corrected chi connectivity index (χ4v) is 2.61. The Kier molecular flexibility index (Phi) is 3.62. The lowest BCUT2D eigenvalue weighted by Crippen LogP contribution is -2.13. The molecule has 2 aromatic rings. The van der Waals surface area contributed by atoms with E-state index in [4.69, 9.17) is 4.42 Å². The number of nitrogens with zero attached hydrogens (tertiary/aromatic N) is 1. The van der Waals surface area contributed by atoms with E-state index in [9.17, 15) is 13.8 Å². The van der Waals surface area contributed by atoms with Gasteiger partial charge < -0.3 is 4.42 Å². The number of amides is 1. The summed E-state index contributed by atoms with van der Waals surface area (Å²) in [4.78, 5) is 23.7. The lowest BCUT2D eigenvalue weighted by molar-refractivity contribution is -0.113. The Morgan fingerprint density at radius 2 is 1.79 bits per heavy atom. The molecule has 1 aromatic carbocycles. The number of carbonyl (C=O) groups is 2. The summed E-state index contributed by atoms with van der Waals surface area (Å²) in [6.45, 7) is 0. The van der Waals surface area contributed by atoms with E-state index in [0.29, 0.717) is 4.90 Å². The average Bonchev–Trinajstić information content (AvgIpc) is 2.92. The number of benzene rings is 1. The van der Waals surface area contributed by atoms with Gasteiger partial charge in [-0.15, -0.1) is 0 Å². The summed E-state index contributed by atoms with van der Waals surface area (Å²) in [6.07, 6.45) is 2.59. The van der Waals surface area contributed by atoms with Gasteiger partial charge in [-0.05, 0) is 24.3 Å². The maximum atomic E-state index is 12.3. The summed E-state index contributed by atoms with van der Waals surface area (Å²) >= 11 is 0. The van der Waals surface area contributed by atoms with Crippen LogP contribution in [0.2, 0.25) is 0 Å². The summed E-state index contributed by atoms with van der Waals surface area (Å²) in [5.41, 5.74) is 0. The summed E-state index contributed by atoms with van der Waals surface area (Å²) < 4.78 is 20.6. The first-order chi connectivity index (χ1) is 9.00. The fourth-order valence-electron chi connectivity index (χ4n) is 1.44. The molecule has 0 saturated heterocycles. The predicted molar refractivity (Wildman–Crippen MR) is 69.2 cm³/mol. The Morgan fingerprint density at radius 3 is 2.37 bits per heavy atom. The van der Waals surface area contributed by atoms with Crippen LogP contribution in [0.4, 0.5) is 0 Å². The number of carbonyl (C=O) groups excluding carboxylic acids is 2. The van der Waals surface area contributed by atoms with Crippen molar-refractivity contribution < 1.29 is 18.2 Å². The first-order valence-electron chi connectivity index (χ1n) is 5.40. The van der Waals surface area contributed by atoms with Gasteiger partial charge in [0.15, 0.2) is 5.76 Å². The predicted octanol–water partition coefficient (Wildman–Crippen LogP) is 2.15. The van der Waals surface area contributed by atoms with Gasteiger partial charge in [0.1, 0.15) is 0 Å². The Bertz CT molecular complexity index is 710. The number of Topliss-reactive ketones (excluding diaryl/α,β-unsaturated/α-hetero) is 1. The molecule has 0 saturated carbocycles. The van der Waals surface area contributed by atoms with Crippen LogP contribution in [0.3, 0.4) is 0 Å². The highest BCUT2D eigenvalue weighted by atomic mass is 32.2. The van der Waals surface area contributed by atoms with E-state index in [1.807, 2.05) is 0 Å². The molecule has 1 heterocycles. The van der Waals surface area contributed by atoms with Crippen LogP contribution in [0.25, 0.3) is 0 Å². The Hall–Kier alpha value is -2.21. The van der Waals surface area contributed by atoms with Crippen molar-refractivity contribution in [1.82, 2.24) is 0 Å². The fraction of sp³-hybridized carbons (Fsp3) is 0.0769. The molecule has 1 atom stereocenters. The molecular formula is C13H11NO4S. The monoisotopic (exact) mass is 277 g/mol. The van der Waals surface area contributed by atoms with Crippen molar-refractivity contribution in [2.45, 2.75) is 4.90 Å². The third kappa shape index (κ3) is 2.97. The summed E-state index contributed by atoms with van der Waals surface area (Å²) in [5, 5.41) is 0. The van der Waals surface area contributed by atoms with Crippen LogP contribution in [0.1, 0.15) is 10.6 Å². The van der Waals surface area contributed by atoms with Gasteiger partial charge in [0.25, 0.3) is 5.78 Å². The zero-order valence-electron chi connectivity index (χ0n) is 10.1. The van der Waals surface area contributed by atoms with E-state index in [-0.39, 0.29) is 5.76 Å². The van der Waals surface area contributed by atoms with Gasteiger partial charge in [0.2, 0.25) is 0 Å². The second-order valence-corrected chi connectivity index (χ2v) is 6.08. The Labute approximate surface area is 110 Å². The maximum absolute atomic E-state index is 12.3. The van der Waals surface area contributed by atoms with Crippen LogP contribution >= 0.6 is 0 Å². The zero-order valence-corrected chi connectivity index (χ0v) is 10.9. The molecular weight excluding hydrogens is 266 g/mol. The van der Waals surface area contributed by atoms with Crippen LogP contribution in [-0.2, 0) is 14.5 Å². The van der Waals surface area contributed by atoms with Crippen molar-refractivity contribution in [2.75, 3.05) is 6.26 Å². The molecule has 1 aromatic heterocycles. The van der Waals surface area contributed by atoms with Gasteiger partial charge in [-0.25, -0.2) is 4.21 Å². The van der Waals surface area contributed by atoms with Crippen molar-refractivity contribution >= 4 is 21.4 Å². The minimum absolute atomic E-state index is 0.114. The second-order valence-electron chi connectivity index (χ2n) is 3.82. The third-order valence-electron chi connectivity index (χ3n) is 2.38. The summed E-state index contributed by atoms with van der Waals surface area (Å²) in [6, 6.07) is 11.2. The van der Waals surface area contributed by atoms with Crippen molar-refractivity contribution in [3.63, 3.8) is 0 Å². The molecule has 0 aliphatic heterocycles. The third-order valence-corrected chi connectivity index (χ3v) is 4.04. The standard InChI is InChI=1S/C13H11NO4S/c1-19(17,10-6-3-2-4-7-10)14-13(16)12(15)11-8-5-9-18-11/h2-9H,1H3. The van der Waals surface area contributed by atoms with Gasteiger partial charge in [-0.1, -0.05) is 18.2 Å². The van der Waals surface area contributed by atoms with E-state index in [0.717, 1.165) is 0 Å². The largest absolute Gasteiger partial charge is 0.461 e. The zero-order chi connectivity index (χ0) is 13.9. The molecule has 98 valence electrons. The minimum atomic E-state index is -2.93. The van der Waals surface area contributed by atoms with E-state index < -0.39 is 21.4 Å². The first-order valence-corrected chi connectivity index (χ1v) is 7.32. The van der Waals surface area contributed by atoms with Crippen LogP contribution < -0.4 is 0 Å². The normalized spacial score (nSPS) is 13.5. The van der Waals surface area contributed by atoms with Gasteiger partial charge in [-0.2, -0.15) is 4.36 Å². The molecule has 0 N–H and O–H groups in total. The molecule has 1 unspecified atom stereocenters. The molecule has 0 radical (unpaired) electrons. The molecule has 0 spiro atoms. The van der Waals surface area contributed by atoms with Crippen molar-refractivity contribution in [3.05, 3.63) is 54.5 Å². The Morgan fingerprint density at radius 1 is 1.11 bits per heavy atom. The quantitative estimate of drug-likeness (QED) is 0.636. The van der Waals surface area contributed by atoms with E-state index in [2.05, 4.69) is 4.36 Å². The molecule has 0 aliphatic carbocycles. The van der Waals surface area contributed by atoms with E-state index in [1.165, 1.54) is 24.7 Å². The van der Waals surface area contributed by atoms with Crippen molar-refractivity contribution in [2.24, 2.45) is 4.36 Å². The molecule has 5 nitrogen and oxygen atoms in total. The average molecular weight is 277 g/mol. The number of hydrogen-bond donors (Lipinski definition) is 0.